The third-order valence-corrected chi connectivity index (χ3v) is 8.03. The van der Waals surface area contributed by atoms with Crippen LogP contribution in [-0.4, -0.2) is 10.4 Å². The first-order chi connectivity index (χ1) is 18.2. The number of hydrogen-bond acceptors (Lipinski definition) is 3. The first-order valence-electron chi connectivity index (χ1n) is 13.2. The molecule has 2 N–H and O–H groups in total. The molecular formula is C33H29N3O. The average molecular weight is 484 g/mol. The Morgan fingerprint density at radius 3 is 2.32 bits per heavy atom. The summed E-state index contributed by atoms with van der Waals surface area (Å²) in [6.07, 6.45) is 1.34. The Kier molecular flexibility index (Phi) is 5.14. The highest BCUT2D eigenvalue weighted by Gasteiger charge is 2.36. The second kappa shape index (κ2) is 8.67. The summed E-state index contributed by atoms with van der Waals surface area (Å²) in [4.78, 5) is 13.9. The number of benzene rings is 4. The Balaban J connectivity index is 1.40. The molecule has 7 rings (SSSR count). The molecule has 0 bridgehead atoms. The minimum Gasteiger partial charge on any atom is -0.372 e. The molecule has 4 nitrogen and oxygen atoms in total. The summed E-state index contributed by atoms with van der Waals surface area (Å²) < 4.78 is 2.37. The van der Waals surface area contributed by atoms with Crippen molar-refractivity contribution in [2.75, 3.05) is 10.6 Å². The number of ketones is 1. The predicted molar refractivity (Wildman–Crippen MR) is 152 cm³/mol. The summed E-state index contributed by atoms with van der Waals surface area (Å²) in [7, 11) is 0. The Bertz CT molecular complexity index is 1700. The van der Waals surface area contributed by atoms with Crippen molar-refractivity contribution in [3.05, 3.63) is 119 Å². The highest BCUT2D eigenvalue weighted by atomic mass is 16.1. The molecule has 1 aliphatic carbocycles. The SMILES string of the molecule is CCn1c2ccccc2c2cc([C@@H]3Nc4ccccc4NC4=C3C(=O)C[C@@H](c3ccccc3)C4)ccc21. The van der Waals surface area contributed by atoms with Gasteiger partial charge in [0.1, 0.15) is 0 Å². The molecule has 0 spiro atoms. The lowest BCUT2D eigenvalue weighted by molar-refractivity contribution is -0.116. The zero-order valence-corrected chi connectivity index (χ0v) is 20.9. The lowest BCUT2D eigenvalue weighted by Gasteiger charge is -2.30. The minimum absolute atomic E-state index is 0.177. The van der Waals surface area contributed by atoms with Crippen LogP contribution in [0, 0.1) is 0 Å². The van der Waals surface area contributed by atoms with Gasteiger partial charge >= 0.3 is 0 Å². The Morgan fingerprint density at radius 2 is 1.49 bits per heavy atom. The van der Waals surface area contributed by atoms with Crippen molar-refractivity contribution < 1.29 is 4.79 Å². The fourth-order valence-electron chi connectivity index (χ4n) is 6.29. The lowest BCUT2D eigenvalue weighted by atomic mass is 9.78. The molecule has 4 aromatic carbocycles. The molecule has 4 heteroatoms. The van der Waals surface area contributed by atoms with E-state index in [1.165, 1.54) is 27.4 Å². The van der Waals surface area contributed by atoms with E-state index in [9.17, 15) is 4.79 Å². The van der Waals surface area contributed by atoms with Crippen LogP contribution in [0.25, 0.3) is 21.8 Å². The predicted octanol–water partition coefficient (Wildman–Crippen LogP) is 7.79. The molecule has 2 aliphatic rings. The summed E-state index contributed by atoms with van der Waals surface area (Å²) in [6, 6.07) is 33.8. The monoisotopic (exact) mass is 483 g/mol. The quantitative estimate of drug-likeness (QED) is 0.275. The molecule has 0 unspecified atom stereocenters. The number of allylic oxidation sites excluding steroid dienone is 1. The molecule has 0 saturated carbocycles. The summed E-state index contributed by atoms with van der Waals surface area (Å²) in [5.74, 6) is 0.389. The molecule has 182 valence electrons. The second-order valence-corrected chi connectivity index (χ2v) is 10.1. The number of para-hydroxylation sites is 3. The van der Waals surface area contributed by atoms with Gasteiger partial charge in [-0.1, -0.05) is 66.7 Å². The summed E-state index contributed by atoms with van der Waals surface area (Å²) in [6.45, 7) is 3.10. The number of carbonyl (C=O) groups excluding carboxylic acids is 1. The molecular weight excluding hydrogens is 454 g/mol. The van der Waals surface area contributed by atoms with E-state index in [4.69, 9.17) is 0 Å². The number of Topliss-reactive ketones (excluding diaryl/α,β-unsaturated/α-hetero) is 1. The highest BCUT2D eigenvalue weighted by Crippen LogP contribution is 2.45. The van der Waals surface area contributed by atoms with Crippen molar-refractivity contribution in [3.63, 3.8) is 0 Å². The number of nitrogens with one attached hydrogen (secondary N) is 2. The van der Waals surface area contributed by atoms with Crippen molar-refractivity contribution in [2.24, 2.45) is 0 Å². The van der Waals surface area contributed by atoms with Crippen LogP contribution in [0.2, 0.25) is 0 Å². The summed E-state index contributed by atoms with van der Waals surface area (Å²) in [5.41, 5.74) is 8.74. The van der Waals surface area contributed by atoms with Gasteiger partial charge in [0.25, 0.3) is 0 Å². The van der Waals surface area contributed by atoms with Gasteiger partial charge in [-0.25, -0.2) is 0 Å². The van der Waals surface area contributed by atoms with Crippen LogP contribution in [0.15, 0.2) is 108 Å². The molecule has 0 saturated heterocycles. The van der Waals surface area contributed by atoms with Crippen LogP contribution in [-0.2, 0) is 11.3 Å². The van der Waals surface area contributed by atoms with Gasteiger partial charge in [-0.15, -0.1) is 0 Å². The molecule has 0 radical (unpaired) electrons. The number of carbonyl (C=O) groups is 1. The maximum absolute atomic E-state index is 13.9. The third-order valence-electron chi connectivity index (χ3n) is 8.03. The number of aromatic nitrogens is 1. The number of anilines is 2. The number of rotatable bonds is 3. The molecule has 1 aromatic heterocycles. The average Bonchev–Trinajstić information content (AvgIpc) is 3.15. The van der Waals surface area contributed by atoms with Crippen molar-refractivity contribution >= 4 is 39.0 Å². The van der Waals surface area contributed by atoms with Gasteiger partial charge in [0.05, 0.1) is 17.4 Å². The standard InChI is InChI=1S/C33H29N3O/c1-2-36-29-15-9-6-12-24(29)25-18-22(16-17-30(25)36)33-32-28(34-26-13-7-8-14-27(26)35-33)19-23(20-31(32)37)21-10-4-3-5-11-21/h3-18,23,33-35H,2,19-20H2,1H3/t23-,33-/m0/s1. The molecule has 2 atom stereocenters. The van der Waals surface area contributed by atoms with Crippen LogP contribution >= 0.6 is 0 Å². The molecule has 37 heavy (non-hydrogen) atoms. The molecule has 2 heterocycles. The molecule has 0 fully saturated rings. The van der Waals surface area contributed by atoms with Gasteiger partial charge in [0.2, 0.25) is 0 Å². The van der Waals surface area contributed by atoms with Crippen LogP contribution in [0.3, 0.4) is 0 Å². The number of fused-ring (bicyclic) bond motifs is 4. The Labute approximate surface area is 216 Å². The second-order valence-electron chi connectivity index (χ2n) is 10.1. The van der Waals surface area contributed by atoms with Gasteiger partial charge in [-0.05, 0) is 60.7 Å². The van der Waals surface area contributed by atoms with Crippen molar-refractivity contribution in [1.82, 2.24) is 4.57 Å². The Morgan fingerprint density at radius 1 is 0.757 bits per heavy atom. The first-order valence-corrected chi connectivity index (χ1v) is 13.2. The minimum atomic E-state index is -0.219. The van der Waals surface area contributed by atoms with Gasteiger partial charge in [0, 0.05) is 46.0 Å². The smallest absolute Gasteiger partial charge is 0.163 e. The first kappa shape index (κ1) is 21.9. The third kappa shape index (κ3) is 3.55. The van der Waals surface area contributed by atoms with E-state index in [-0.39, 0.29) is 17.7 Å². The number of aryl methyl sites for hydroxylation is 1. The van der Waals surface area contributed by atoms with Gasteiger partial charge in [0.15, 0.2) is 5.78 Å². The van der Waals surface area contributed by atoms with E-state index in [1.54, 1.807) is 0 Å². The highest BCUT2D eigenvalue weighted by molar-refractivity contribution is 6.08. The topological polar surface area (TPSA) is 46.1 Å². The fraction of sp³-hybridized carbons (Fsp3) is 0.182. The van der Waals surface area contributed by atoms with E-state index < -0.39 is 0 Å². The van der Waals surface area contributed by atoms with Gasteiger partial charge in [-0.2, -0.15) is 0 Å². The number of hydrogen-bond donors (Lipinski definition) is 2. The largest absolute Gasteiger partial charge is 0.372 e. The summed E-state index contributed by atoms with van der Waals surface area (Å²) in [5, 5.41) is 9.89. The van der Waals surface area contributed by atoms with E-state index in [2.05, 4.69) is 101 Å². The van der Waals surface area contributed by atoms with Crippen molar-refractivity contribution in [3.8, 4) is 0 Å². The van der Waals surface area contributed by atoms with Crippen LogP contribution in [0.4, 0.5) is 11.4 Å². The zero-order chi connectivity index (χ0) is 24.9. The maximum Gasteiger partial charge on any atom is 0.163 e. The van der Waals surface area contributed by atoms with Crippen LogP contribution < -0.4 is 10.6 Å². The summed E-state index contributed by atoms with van der Waals surface area (Å²) >= 11 is 0. The van der Waals surface area contributed by atoms with Crippen molar-refractivity contribution in [1.29, 1.82) is 0 Å². The van der Waals surface area contributed by atoms with Crippen LogP contribution in [0.5, 0.6) is 0 Å². The number of nitrogens with zero attached hydrogens (tertiary/aromatic N) is 1. The molecule has 5 aromatic rings. The van der Waals surface area contributed by atoms with E-state index in [1.807, 2.05) is 18.2 Å². The Hall–Kier alpha value is -4.31. The van der Waals surface area contributed by atoms with Crippen molar-refractivity contribution in [2.45, 2.75) is 38.3 Å². The van der Waals surface area contributed by atoms with E-state index >= 15 is 0 Å². The lowest BCUT2D eigenvalue weighted by Crippen LogP contribution is -2.26. The maximum atomic E-state index is 13.9. The fourth-order valence-corrected chi connectivity index (χ4v) is 6.29. The van der Waals surface area contributed by atoms with Crippen LogP contribution in [0.1, 0.15) is 42.9 Å². The molecule has 0 amide bonds. The zero-order valence-electron chi connectivity index (χ0n) is 20.9. The van der Waals surface area contributed by atoms with E-state index in [0.717, 1.165) is 41.2 Å². The van der Waals surface area contributed by atoms with Gasteiger partial charge in [-0.3, -0.25) is 4.79 Å². The van der Waals surface area contributed by atoms with Gasteiger partial charge < -0.3 is 15.2 Å². The molecule has 1 aliphatic heterocycles. The normalized spacial score (nSPS) is 19.2. The van der Waals surface area contributed by atoms with E-state index in [0.29, 0.717) is 6.42 Å².